The Hall–Kier alpha value is -2.82. The minimum absolute atomic E-state index is 0.281. The first-order valence-corrected chi connectivity index (χ1v) is 9.21. The first-order valence-electron chi connectivity index (χ1n) is 9.21. The molecule has 27 heavy (non-hydrogen) atoms. The number of rotatable bonds is 7. The van der Waals surface area contributed by atoms with E-state index < -0.39 is 5.97 Å². The second-order valence-electron chi connectivity index (χ2n) is 6.90. The van der Waals surface area contributed by atoms with E-state index in [9.17, 15) is 9.59 Å². The highest BCUT2D eigenvalue weighted by Crippen LogP contribution is 2.30. The van der Waals surface area contributed by atoms with E-state index in [1.807, 2.05) is 6.07 Å². The summed E-state index contributed by atoms with van der Waals surface area (Å²) in [6, 6.07) is 8.62. The molecule has 0 unspecified atom stereocenters. The van der Waals surface area contributed by atoms with Gasteiger partial charge in [-0.1, -0.05) is 33.8 Å². The minimum atomic E-state index is -0.415. The first kappa shape index (κ1) is 20.5. The van der Waals surface area contributed by atoms with Crippen LogP contribution in [-0.2, 0) is 9.53 Å². The summed E-state index contributed by atoms with van der Waals surface area (Å²) < 4.78 is 10.9. The minimum Gasteiger partial charge on any atom is -0.462 e. The molecule has 1 N–H and O–H groups in total. The van der Waals surface area contributed by atoms with Crippen LogP contribution in [0.2, 0.25) is 0 Å². The van der Waals surface area contributed by atoms with Crippen molar-refractivity contribution in [2.45, 2.75) is 46.5 Å². The number of hydrogen-bond donors (Lipinski definition) is 1. The average molecular weight is 369 g/mol. The number of nitrogens with one attached hydrogen (secondary N) is 1. The summed E-state index contributed by atoms with van der Waals surface area (Å²) in [6.45, 7) is 10.5. The van der Waals surface area contributed by atoms with Crippen molar-refractivity contribution < 1.29 is 18.7 Å². The molecule has 0 bridgehead atoms. The molecule has 0 radical (unpaired) electrons. The van der Waals surface area contributed by atoms with Crippen molar-refractivity contribution in [2.24, 2.45) is 0 Å². The standard InChI is InChI=1S/C22H27NO4/c1-6-26-22(25)16-8-7-9-17(12-16)23-20(24)11-10-18-13-19(14(2)3)21(27-18)15(4)5/h7-15H,6H2,1-5H3,(H,23,24). The van der Waals surface area contributed by atoms with Crippen molar-refractivity contribution in [1.29, 1.82) is 0 Å². The summed E-state index contributed by atoms with van der Waals surface area (Å²) in [5.41, 5.74) is 2.08. The van der Waals surface area contributed by atoms with E-state index in [2.05, 4.69) is 33.0 Å². The summed E-state index contributed by atoms with van der Waals surface area (Å²) in [6.07, 6.45) is 3.08. The number of furan rings is 1. The second-order valence-corrected chi connectivity index (χ2v) is 6.90. The van der Waals surface area contributed by atoms with Crippen LogP contribution in [-0.4, -0.2) is 18.5 Å². The number of amides is 1. The maximum absolute atomic E-state index is 12.2. The molecule has 0 spiro atoms. The summed E-state index contributed by atoms with van der Waals surface area (Å²) in [4.78, 5) is 24.0. The van der Waals surface area contributed by atoms with Crippen LogP contribution >= 0.6 is 0 Å². The topological polar surface area (TPSA) is 68.5 Å². The fraction of sp³-hybridized carbons (Fsp3) is 0.364. The van der Waals surface area contributed by atoms with Gasteiger partial charge in [-0.05, 0) is 48.7 Å². The molecule has 5 nitrogen and oxygen atoms in total. The number of benzene rings is 1. The third-order valence-electron chi connectivity index (χ3n) is 4.00. The largest absolute Gasteiger partial charge is 0.462 e. The van der Waals surface area contributed by atoms with E-state index in [0.717, 1.165) is 11.3 Å². The number of hydrogen-bond acceptors (Lipinski definition) is 4. The van der Waals surface area contributed by atoms with Crippen LogP contribution in [0.4, 0.5) is 5.69 Å². The van der Waals surface area contributed by atoms with Crippen LogP contribution in [0.25, 0.3) is 6.08 Å². The second kappa shape index (κ2) is 9.21. The summed E-state index contributed by atoms with van der Waals surface area (Å²) in [5.74, 6) is 1.52. The molecule has 0 saturated heterocycles. The Balaban J connectivity index is 2.09. The van der Waals surface area contributed by atoms with Gasteiger partial charge in [0.1, 0.15) is 11.5 Å². The van der Waals surface area contributed by atoms with Gasteiger partial charge in [0.15, 0.2) is 0 Å². The van der Waals surface area contributed by atoms with Crippen molar-refractivity contribution in [2.75, 3.05) is 11.9 Å². The van der Waals surface area contributed by atoms with Gasteiger partial charge in [0.25, 0.3) is 0 Å². The van der Waals surface area contributed by atoms with Crippen molar-refractivity contribution in [1.82, 2.24) is 0 Å². The molecule has 144 valence electrons. The van der Waals surface area contributed by atoms with E-state index >= 15 is 0 Å². The van der Waals surface area contributed by atoms with E-state index in [0.29, 0.717) is 29.5 Å². The van der Waals surface area contributed by atoms with E-state index in [1.54, 1.807) is 37.3 Å². The number of carbonyl (C=O) groups is 2. The highest BCUT2D eigenvalue weighted by Gasteiger charge is 2.16. The third kappa shape index (κ3) is 5.58. The number of esters is 1. The van der Waals surface area contributed by atoms with Gasteiger partial charge >= 0.3 is 5.97 Å². The van der Waals surface area contributed by atoms with Gasteiger partial charge in [-0.2, -0.15) is 0 Å². The predicted octanol–water partition coefficient (Wildman–Crippen LogP) is 5.36. The molecular weight excluding hydrogens is 342 g/mol. The molecule has 0 aliphatic rings. The molecule has 1 heterocycles. The van der Waals surface area contributed by atoms with Crippen LogP contribution in [0.1, 0.15) is 73.9 Å². The molecule has 1 amide bonds. The average Bonchev–Trinajstić information content (AvgIpc) is 3.05. The lowest BCUT2D eigenvalue weighted by molar-refractivity contribution is -0.111. The Morgan fingerprint density at radius 2 is 1.89 bits per heavy atom. The normalized spacial score (nSPS) is 11.4. The van der Waals surface area contributed by atoms with Gasteiger partial charge in [0, 0.05) is 17.7 Å². The van der Waals surface area contributed by atoms with E-state index in [4.69, 9.17) is 9.15 Å². The highest BCUT2D eigenvalue weighted by atomic mass is 16.5. The van der Waals surface area contributed by atoms with Crippen LogP contribution in [0.5, 0.6) is 0 Å². The fourth-order valence-corrected chi connectivity index (χ4v) is 2.70. The van der Waals surface area contributed by atoms with Gasteiger partial charge in [-0.15, -0.1) is 0 Å². The van der Waals surface area contributed by atoms with Gasteiger partial charge in [0.05, 0.1) is 12.2 Å². The van der Waals surface area contributed by atoms with Crippen LogP contribution in [0.3, 0.4) is 0 Å². The van der Waals surface area contributed by atoms with Crippen molar-refractivity contribution in [3.8, 4) is 0 Å². The Morgan fingerprint density at radius 1 is 1.15 bits per heavy atom. The van der Waals surface area contributed by atoms with Crippen LogP contribution in [0, 0.1) is 0 Å². The lowest BCUT2D eigenvalue weighted by atomic mass is 9.98. The number of carbonyl (C=O) groups excluding carboxylic acids is 2. The number of ether oxygens (including phenoxy) is 1. The molecule has 0 aliphatic carbocycles. The number of anilines is 1. The van der Waals surface area contributed by atoms with Gasteiger partial charge in [0.2, 0.25) is 5.91 Å². The van der Waals surface area contributed by atoms with E-state index in [1.165, 1.54) is 6.08 Å². The zero-order chi connectivity index (χ0) is 20.0. The molecule has 1 aromatic carbocycles. The molecular formula is C22H27NO4. The Morgan fingerprint density at radius 3 is 2.48 bits per heavy atom. The summed E-state index contributed by atoms with van der Waals surface area (Å²) >= 11 is 0. The maximum atomic E-state index is 12.2. The Labute approximate surface area is 160 Å². The van der Waals surface area contributed by atoms with Gasteiger partial charge < -0.3 is 14.5 Å². The van der Waals surface area contributed by atoms with E-state index in [-0.39, 0.29) is 11.8 Å². The predicted molar refractivity (Wildman–Crippen MR) is 107 cm³/mol. The zero-order valence-electron chi connectivity index (χ0n) is 16.5. The zero-order valence-corrected chi connectivity index (χ0v) is 16.5. The molecule has 5 heteroatoms. The van der Waals surface area contributed by atoms with Gasteiger partial charge in [-0.25, -0.2) is 4.79 Å². The Bertz CT molecular complexity index is 805. The molecule has 2 rings (SSSR count). The molecule has 2 aromatic rings. The third-order valence-corrected chi connectivity index (χ3v) is 4.00. The lowest BCUT2D eigenvalue weighted by Gasteiger charge is -2.07. The summed E-state index contributed by atoms with van der Waals surface area (Å²) in [7, 11) is 0. The first-order chi connectivity index (χ1) is 12.8. The molecule has 0 aliphatic heterocycles. The van der Waals surface area contributed by atoms with Crippen molar-refractivity contribution in [3.05, 3.63) is 59.1 Å². The lowest BCUT2D eigenvalue weighted by Crippen LogP contribution is -2.09. The fourth-order valence-electron chi connectivity index (χ4n) is 2.70. The SMILES string of the molecule is CCOC(=O)c1cccc(NC(=O)C=Cc2cc(C(C)C)c(C(C)C)o2)c1. The van der Waals surface area contributed by atoms with Crippen molar-refractivity contribution in [3.63, 3.8) is 0 Å². The Kier molecular flexibility index (Phi) is 6.99. The smallest absolute Gasteiger partial charge is 0.338 e. The molecule has 1 aromatic heterocycles. The maximum Gasteiger partial charge on any atom is 0.338 e. The molecule has 0 saturated carbocycles. The monoisotopic (exact) mass is 369 g/mol. The summed E-state index contributed by atoms with van der Waals surface area (Å²) in [5, 5.41) is 2.74. The van der Waals surface area contributed by atoms with Crippen molar-refractivity contribution >= 4 is 23.6 Å². The van der Waals surface area contributed by atoms with Gasteiger partial charge in [-0.3, -0.25) is 4.79 Å². The molecule has 0 fully saturated rings. The molecule has 0 atom stereocenters. The van der Waals surface area contributed by atoms with Crippen LogP contribution in [0.15, 0.2) is 40.8 Å². The quantitative estimate of drug-likeness (QED) is 0.527. The van der Waals surface area contributed by atoms with Crippen LogP contribution < -0.4 is 5.32 Å². The highest BCUT2D eigenvalue weighted by molar-refractivity contribution is 6.02.